The molecule has 0 spiro atoms. The van der Waals surface area contributed by atoms with Crippen LogP contribution in [0.5, 0.6) is 0 Å². The highest BCUT2D eigenvalue weighted by Crippen LogP contribution is 2.18. The number of carboxylic acid groups (broad SMARTS) is 1. The standard InChI is InChI=1S/C16H15BrO3/c1-11-8-12(16(18)19)6-7-13(11)9-20-10-14-4-2-3-5-15(14)17/h2-8H,9-10H2,1H3,(H,18,19). The summed E-state index contributed by atoms with van der Waals surface area (Å²) in [5, 5.41) is 8.92. The SMILES string of the molecule is Cc1cc(C(=O)O)ccc1COCc1ccccc1Br. The molecule has 0 unspecified atom stereocenters. The van der Waals surface area contributed by atoms with Gasteiger partial charge in [-0.25, -0.2) is 4.79 Å². The third kappa shape index (κ3) is 3.68. The van der Waals surface area contributed by atoms with Crippen LogP contribution in [0.4, 0.5) is 0 Å². The lowest BCUT2D eigenvalue weighted by atomic mass is 10.1. The van der Waals surface area contributed by atoms with Gasteiger partial charge in [0.15, 0.2) is 0 Å². The minimum Gasteiger partial charge on any atom is -0.478 e. The van der Waals surface area contributed by atoms with Crippen molar-refractivity contribution in [2.75, 3.05) is 0 Å². The molecule has 4 heteroatoms. The lowest BCUT2D eigenvalue weighted by Crippen LogP contribution is -2.01. The topological polar surface area (TPSA) is 46.5 Å². The summed E-state index contributed by atoms with van der Waals surface area (Å²) in [6.45, 7) is 2.87. The predicted molar refractivity (Wildman–Crippen MR) is 80.8 cm³/mol. The third-order valence-corrected chi connectivity index (χ3v) is 3.84. The fourth-order valence-electron chi connectivity index (χ4n) is 1.88. The van der Waals surface area contributed by atoms with Crippen molar-refractivity contribution in [2.45, 2.75) is 20.1 Å². The molecule has 2 aromatic rings. The van der Waals surface area contributed by atoms with E-state index in [4.69, 9.17) is 9.84 Å². The molecule has 0 aromatic heterocycles. The first-order valence-electron chi connectivity index (χ1n) is 6.22. The summed E-state index contributed by atoms with van der Waals surface area (Å²) in [4.78, 5) is 10.9. The number of benzene rings is 2. The highest BCUT2D eigenvalue weighted by molar-refractivity contribution is 9.10. The number of rotatable bonds is 5. The predicted octanol–water partition coefficient (Wildman–Crippen LogP) is 4.17. The van der Waals surface area contributed by atoms with Crippen molar-refractivity contribution in [3.05, 3.63) is 69.2 Å². The molecule has 20 heavy (non-hydrogen) atoms. The average molecular weight is 335 g/mol. The van der Waals surface area contributed by atoms with Gasteiger partial charge < -0.3 is 9.84 Å². The Hall–Kier alpha value is -1.65. The zero-order chi connectivity index (χ0) is 14.5. The van der Waals surface area contributed by atoms with Crippen molar-refractivity contribution < 1.29 is 14.6 Å². The molecule has 0 heterocycles. The molecule has 0 aliphatic carbocycles. The summed E-state index contributed by atoms with van der Waals surface area (Å²) in [6.07, 6.45) is 0. The first-order chi connectivity index (χ1) is 9.58. The molecule has 0 saturated carbocycles. The van der Waals surface area contributed by atoms with Crippen molar-refractivity contribution in [3.63, 3.8) is 0 Å². The normalized spacial score (nSPS) is 10.5. The first kappa shape index (κ1) is 14.8. The Kier molecular flexibility index (Phi) is 4.93. The number of ether oxygens (including phenoxy) is 1. The maximum absolute atomic E-state index is 10.9. The molecule has 0 aliphatic rings. The van der Waals surface area contributed by atoms with Crippen LogP contribution in [0.15, 0.2) is 46.9 Å². The van der Waals surface area contributed by atoms with E-state index in [1.165, 1.54) is 0 Å². The van der Waals surface area contributed by atoms with Gasteiger partial charge in [0, 0.05) is 4.47 Å². The molecule has 0 saturated heterocycles. The van der Waals surface area contributed by atoms with Crippen LogP contribution in [0.2, 0.25) is 0 Å². The molecule has 104 valence electrons. The number of hydrogen-bond donors (Lipinski definition) is 1. The second kappa shape index (κ2) is 6.68. The van der Waals surface area contributed by atoms with E-state index >= 15 is 0 Å². The van der Waals surface area contributed by atoms with E-state index in [0.717, 1.165) is 21.2 Å². The molecule has 0 aliphatic heterocycles. The molecule has 0 fully saturated rings. The van der Waals surface area contributed by atoms with E-state index < -0.39 is 5.97 Å². The van der Waals surface area contributed by atoms with Gasteiger partial charge in [0.1, 0.15) is 0 Å². The van der Waals surface area contributed by atoms with Crippen LogP contribution < -0.4 is 0 Å². The van der Waals surface area contributed by atoms with Gasteiger partial charge in [-0.2, -0.15) is 0 Å². The van der Waals surface area contributed by atoms with E-state index in [1.54, 1.807) is 18.2 Å². The van der Waals surface area contributed by atoms with Crippen LogP contribution in [-0.4, -0.2) is 11.1 Å². The van der Waals surface area contributed by atoms with Crippen molar-refractivity contribution in [3.8, 4) is 0 Å². The average Bonchev–Trinajstić information content (AvgIpc) is 2.42. The van der Waals surface area contributed by atoms with Gasteiger partial charge >= 0.3 is 5.97 Å². The smallest absolute Gasteiger partial charge is 0.335 e. The van der Waals surface area contributed by atoms with Crippen LogP contribution in [-0.2, 0) is 18.0 Å². The van der Waals surface area contributed by atoms with E-state index in [1.807, 2.05) is 31.2 Å². The molecule has 0 bridgehead atoms. The highest BCUT2D eigenvalue weighted by Gasteiger charge is 2.06. The Morgan fingerprint density at radius 1 is 1.15 bits per heavy atom. The first-order valence-corrected chi connectivity index (χ1v) is 7.01. The van der Waals surface area contributed by atoms with Crippen LogP contribution in [0.1, 0.15) is 27.0 Å². The molecular formula is C16H15BrO3. The molecule has 0 atom stereocenters. The largest absolute Gasteiger partial charge is 0.478 e. The second-order valence-electron chi connectivity index (χ2n) is 4.53. The molecule has 0 radical (unpaired) electrons. The summed E-state index contributed by atoms with van der Waals surface area (Å²) in [7, 11) is 0. The second-order valence-corrected chi connectivity index (χ2v) is 5.38. The van der Waals surface area contributed by atoms with Gasteiger partial charge in [0.05, 0.1) is 18.8 Å². The zero-order valence-corrected chi connectivity index (χ0v) is 12.7. The van der Waals surface area contributed by atoms with Crippen molar-refractivity contribution in [1.29, 1.82) is 0 Å². The number of hydrogen-bond acceptors (Lipinski definition) is 2. The molecular weight excluding hydrogens is 320 g/mol. The van der Waals surface area contributed by atoms with E-state index in [0.29, 0.717) is 18.8 Å². The van der Waals surface area contributed by atoms with Crippen LogP contribution in [0, 0.1) is 6.92 Å². The Balaban J connectivity index is 1.98. The summed E-state index contributed by atoms with van der Waals surface area (Å²) < 4.78 is 6.72. The van der Waals surface area contributed by atoms with Crippen molar-refractivity contribution in [1.82, 2.24) is 0 Å². The quantitative estimate of drug-likeness (QED) is 0.892. The summed E-state index contributed by atoms with van der Waals surface area (Å²) in [6, 6.07) is 13.0. The van der Waals surface area contributed by atoms with E-state index in [9.17, 15) is 4.79 Å². The van der Waals surface area contributed by atoms with E-state index in [2.05, 4.69) is 15.9 Å². The monoisotopic (exact) mass is 334 g/mol. The number of halogens is 1. The van der Waals surface area contributed by atoms with Crippen molar-refractivity contribution >= 4 is 21.9 Å². The third-order valence-electron chi connectivity index (χ3n) is 3.06. The number of aryl methyl sites for hydroxylation is 1. The fraction of sp³-hybridized carbons (Fsp3) is 0.188. The van der Waals surface area contributed by atoms with Crippen LogP contribution >= 0.6 is 15.9 Å². The van der Waals surface area contributed by atoms with Gasteiger partial charge in [-0.3, -0.25) is 0 Å². The Morgan fingerprint density at radius 3 is 2.50 bits per heavy atom. The lowest BCUT2D eigenvalue weighted by Gasteiger charge is -2.09. The molecule has 2 aromatic carbocycles. The minimum absolute atomic E-state index is 0.303. The van der Waals surface area contributed by atoms with E-state index in [-0.39, 0.29) is 0 Å². The number of carbonyl (C=O) groups is 1. The molecule has 3 nitrogen and oxygen atoms in total. The molecule has 2 rings (SSSR count). The zero-order valence-electron chi connectivity index (χ0n) is 11.1. The van der Waals surface area contributed by atoms with Gasteiger partial charge in [-0.15, -0.1) is 0 Å². The van der Waals surface area contributed by atoms with Crippen LogP contribution in [0.25, 0.3) is 0 Å². The maximum Gasteiger partial charge on any atom is 0.335 e. The summed E-state index contributed by atoms with van der Waals surface area (Å²) >= 11 is 3.48. The summed E-state index contributed by atoms with van der Waals surface area (Å²) in [5.41, 5.74) is 3.32. The Labute approximate surface area is 126 Å². The lowest BCUT2D eigenvalue weighted by molar-refractivity contribution is 0.0696. The van der Waals surface area contributed by atoms with Gasteiger partial charge in [-0.05, 0) is 41.8 Å². The minimum atomic E-state index is -0.909. The molecule has 0 amide bonds. The maximum atomic E-state index is 10.9. The highest BCUT2D eigenvalue weighted by atomic mass is 79.9. The van der Waals surface area contributed by atoms with Gasteiger partial charge in [0.25, 0.3) is 0 Å². The molecule has 1 N–H and O–H groups in total. The fourth-order valence-corrected chi connectivity index (χ4v) is 2.28. The number of carboxylic acids is 1. The van der Waals surface area contributed by atoms with Crippen LogP contribution in [0.3, 0.4) is 0 Å². The summed E-state index contributed by atoms with van der Waals surface area (Å²) in [5.74, 6) is -0.909. The van der Waals surface area contributed by atoms with Gasteiger partial charge in [0.2, 0.25) is 0 Å². The Morgan fingerprint density at radius 2 is 1.85 bits per heavy atom. The number of aromatic carboxylic acids is 1. The van der Waals surface area contributed by atoms with Crippen molar-refractivity contribution in [2.24, 2.45) is 0 Å². The Bertz CT molecular complexity index is 623. The van der Waals surface area contributed by atoms with Gasteiger partial charge in [-0.1, -0.05) is 40.2 Å².